The van der Waals surface area contributed by atoms with Crippen LogP contribution in [0.2, 0.25) is 5.02 Å². The van der Waals surface area contributed by atoms with Gasteiger partial charge in [-0.05, 0) is 43.0 Å². The summed E-state index contributed by atoms with van der Waals surface area (Å²) in [6, 6.07) is 7.95. The number of hydrogen-bond donors (Lipinski definition) is 1. The summed E-state index contributed by atoms with van der Waals surface area (Å²) in [5.41, 5.74) is 2.21. The highest BCUT2D eigenvalue weighted by Gasteiger charge is 2.05. The third-order valence-corrected chi connectivity index (χ3v) is 4.62. The van der Waals surface area contributed by atoms with Crippen molar-refractivity contribution < 1.29 is 0 Å². The van der Waals surface area contributed by atoms with Gasteiger partial charge in [0.2, 0.25) is 0 Å². The van der Waals surface area contributed by atoms with Gasteiger partial charge in [0.1, 0.15) is 0 Å². The lowest BCUT2D eigenvalue weighted by Crippen LogP contribution is -2.18. The maximum absolute atomic E-state index is 6.19. The van der Waals surface area contributed by atoms with E-state index in [1.54, 1.807) is 0 Å². The van der Waals surface area contributed by atoms with E-state index in [1.807, 2.05) is 36.2 Å². The van der Waals surface area contributed by atoms with Crippen molar-refractivity contribution in [1.82, 2.24) is 10.3 Å². The van der Waals surface area contributed by atoms with Crippen LogP contribution < -0.4 is 5.32 Å². The van der Waals surface area contributed by atoms with E-state index in [2.05, 4.69) is 29.5 Å². The Hall–Kier alpha value is -0.770. The molecule has 1 atom stereocenters. The number of benzene rings is 1. The highest BCUT2D eigenvalue weighted by atomic mass is 35.5. The molecule has 2 rings (SSSR count). The molecule has 0 aliphatic rings. The summed E-state index contributed by atoms with van der Waals surface area (Å²) in [5, 5.41) is 5.98. The fourth-order valence-electron chi connectivity index (χ4n) is 1.99. The smallest absolute Gasteiger partial charge is 0.0761 e. The number of aromatic nitrogens is 1. The Morgan fingerprint density at radius 1 is 1.37 bits per heavy atom. The minimum absolute atomic E-state index is 0.701. The highest BCUT2D eigenvalue weighted by molar-refractivity contribution is 7.99. The second kappa shape index (κ2) is 7.13. The Morgan fingerprint density at radius 3 is 3.00 bits per heavy atom. The monoisotopic (exact) mass is 294 g/mol. The molecule has 0 bridgehead atoms. The van der Waals surface area contributed by atoms with Gasteiger partial charge in [-0.3, -0.25) is 4.98 Å². The number of fused-ring (bicyclic) bond motifs is 1. The molecule has 2 aromatic rings. The maximum Gasteiger partial charge on any atom is 0.0761 e. The van der Waals surface area contributed by atoms with E-state index < -0.39 is 0 Å². The second-order valence-electron chi connectivity index (χ2n) is 4.62. The minimum atomic E-state index is 0.701. The Labute approximate surface area is 123 Å². The van der Waals surface area contributed by atoms with Crippen molar-refractivity contribution in [2.24, 2.45) is 0 Å². The summed E-state index contributed by atoms with van der Waals surface area (Å²) in [7, 11) is 0. The molecule has 0 spiro atoms. The molecule has 0 fully saturated rings. The Balaban J connectivity index is 2.03. The van der Waals surface area contributed by atoms with Gasteiger partial charge in [-0.2, -0.15) is 11.8 Å². The molecule has 0 amide bonds. The van der Waals surface area contributed by atoms with Gasteiger partial charge in [-0.25, -0.2) is 0 Å². The summed E-state index contributed by atoms with van der Waals surface area (Å²) < 4.78 is 0. The first kappa shape index (κ1) is 14.6. The first-order chi connectivity index (χ1) is 9.22. The predicted octanol–water partition coefficient (Wildman–Crippen LogP) is 4.12. The average Bonchev–Trinajstić information content (AvgIpc) is 2.45. The fourth-order valence-corrected chi connectivity index (χ4v) is 2.55. The van der Waals surface area contributed by atoms with Crippen molar-refractivity contribution >= 4 is 34.3 Å². The summed E-state index contributed by atoms with van der Waals surface area (Å²) >= 11 is 8.09. The molecule has 1 heterocycles. The third kappa shape index (κ3) is 3.85. The van der Waals surface area contributed by atoms with Crippen LogP contribution in [0.25, 0.3) is 10.9 Å². The Bertz CT molecular complexity index is 545. The van der Waals surface area contributed by atoms with Crippen molar-refractivity contribution in [3.63, 3.8) is 0 Å². The van der Waals surface area contributed by atoms with Gasteiger partial charge in [0.15, 0.2) is 0 Å². The lowest BCUT2D eigenvalue weighted by atomic mass is 10.1. The molecule has 0 aliphatic heterocycles. The van der Waals surface area contributed by atoms with Gasteiger partial charge in [0.05, 0.1) is 5.52 Å². The first-order valence-corrected chi connectivity index (χ1v) is 8.14. The molecule has 0 saturated carbocycles. The van der Waals surface area contributed by atoms with E-state index in [-0.39, 0.29) is 0 Å². The molecule has 4 heteroatoms. The summed E-state index contributed by atoms with van der Waals surface area (Å²) in [6.07, 6.45) is 5.15. The number of pyridine rings is 1. The maximum atomic E-state index is 6.19. The first-order valence-electron chi connectivity index (χ1n) is 6.48. The molecule has 2 nitrogen and oxygen atoms in total. The Kier molecular flexibility index (Phi) is 5.49. The van der Waals surface area contributed by atoms with E-state index in [9.17, 15) is 0 Å². The molecule has 19 heavy (non-hydrogen) atoms. The van der Waals surface area contributed by atoms with Crippen molar-refractivity contribution in [2.45, 2.75) is 25.1 Å². The molecule has 1 N–H and O–H groups in total. The van der Waals surface area contributed by atoms with E-state index >= 15 is 0 Å². The average molecular weight is 295 g/mol. The molecular weight excluding hydrogens is 276 g/mol. The Morgan fingerprint density at radius 2 is 2.21 bits per heavy atom. The van der Waals surface area contributed by atoms with Crippen molar-refractivity contribution in [2.75, 3.05) is 12.8 Å². The zero-order chi connectivity index (χ0) is 13.7. The molecule has 0 aliphatic carbocycles. The quantitative estimate of drug-likeness (QED) is 0.811. The number of nitrogens with zero attached hydrogens (tertiary/aromatic N) is 1. The second-order valence-corrected chi connectivity index (χ2v) is 6.30. The third-order valence-electron chi connectivity index (χ3n) is 3.25. The van der Waals surface area contributed by atoms with Crippen LogP contribution in [0.3, 0.4) is 0 Å². The molecule has 1 unspecified atom stereocenters. The highest BCUT2D eigenvalue weighted by Crippen LogP contribution is 2.24. The van der Waals surface area contributed by atoms with Crippen LogP contribution in [0.15, 0.2) is 30.5 Å². The number of nitrogens with one attached hydrogen (secondary N) is 1. The van der Waals surface area contributed by atoms with Crippen LogP contribution in [0.4, 0.5) is 0 Å². The van der Waals surface area contributed by atoms with Crippen LogP contribution in [0, 0.1) is 0 Å². The predicted molar refractivity (Wildman–Crippen MR) is 86.1 cm³/mol. The van der Waals surface area contributed by atoms with Crippen LogP contribution in [-0.4, -0.2) is 23.0 Å². The largest absolute Gasteiger partial charge is 0.313 e. The SMILES string of the molecule is CSC(C)CCNCc1ccc(Cl)c2cccnc12. The molecule has 1 aromatic heterocycles. The van der Waals surface area contributed by atoms with Gasteiger partial charge in [-0.15, -0.1) is 0 Å². The molecule has 0 radical (unpaired) electrons. The minimum Gasteiger partial charge on any atom is -0.313 e. The van der Waals surface area contributed by atoms with Crippen LogP contribution >= 0.6 is 23.4 Å². The standard InChI is InChI=1S/C15H19ClN2S/c1-11(19-2)7-9-17-10-12-5-6-14(16)13-4-3-8-18-15(12)13/h3-6,8,11,17H,7,9-10H2,1-2H3. The lowest BCUT2D eigenvalue weighted by molar-refractivity contribution is 0.649. The normalized spacial score (nSPS) is 12.8. The van der Waals surface area contributed by atoms with Gasteiger partial charge >= 0.3 is 0 Å². The zero-order valence-corrected chi connectivity index (χ0v) is 12.9. The van der Waals surface area contributed by atoms with Crippen molar-refractivity contribution in [3.05, 3.63) is 41.0 Å². The number of rotatable bonds is 6. The molecule has 0 saturated heterocycles. The fraction of sp³-hybridized carbons (Fsp3) is 0.400. The van der Waals surface area contributed by atoms with E-state index in [0.29, 0.717) is 5.25 Å². The summed E-state index contributed by atoms with van der Waals surface area (Å²) in [4.78, 5) is 4.44. The zero-order valence-electron chi connectivity index (χ0n) is 11.3. The van der Waals surface area contributed by atoms with E-state index in [1.165, 1.54) is 12.0 Å². The number of hydrogen-bond acceptors (Lipinski definition) is 3. The number of halogens is 1. The summed E-state index contributed by atoms with van der Waals surface area (Å²) in [5.74, 6) is 0. The van der Waals surface area contributed by atoms with Gasteiger partial charge < -0.3 is 5.32 Å². The summed E-state index contributed by atoms with van der Waals surface area (Å²) in [6.45, 7) is 4.12. The van der Waals surface area contributed by atoms with Crippen molar-refractivity contribution in [1.29, 1.82) is 0 Å². The van der Waals surface area contributed by atoms with Crippen LogP contribution in [0.1, 0.15) is 18.9 Å². The van der Waals surface area contributed by atoms with Crippen LogP contribution in [0.5, 0.6) is 0 Å². The lowest BCUT2D eigenvalue weighted by Gasteiger charge is -2.11. The molecule has 1 aromatic carbocycles. The molecule has 102 valence electrons. The van der Waals surface area contributed by atoms with E-state index in [4.69, 9.17) is 11.6 Å². The van der Waals surface area contributed by atoms with E-state index in [0.717, 1.165) is 29.0 Å². The van der Waals surface area contributed by atoms with Crippen LogP contribution in [-0.2, 0) is 6.54 Å². The van der Waals surface area contributed by atoms with Gasteiger partial charge in [0.25, 0.3) is 0 Å². The van der Waals surface area contributed by atoms with Gasteiger partial charge in [-0.1, -0.05) is 24.6 Å². The topological polar surface area (TPSA) is 24.9 Å². The van der Waals surface area contributed by atoms with Crippen molar-refractivity contribution in [3.8, 4) is 0 Å². The van der Waals surface area contributed by atoms with Gasteiger partial charge in [0, 0.05) is 28.4 Å². The number of thioether (sulfide) groups is 1. The molecular formula is C15H19ClN2S.